The van der Waals surface area contributed by atoms with Gasteiger partial charge in [-0.15, -0.1) is 0 Å². The highest BCUT2D eigenvalue weighted by Crippen LogP contribution is 2.04. The molecule has 0 heteroatoms. The van der Waals surface area contributed by atoms with Crippen LogP contribution in [0.3, 0.4) is 0 Å². The van der Waals surface area contributed by atoms with Crippen LogP contribution in [0.5, 0.6) is 0 Å². The quantitative estimate of drug-likeness (QED) is 0.497. The number of hydrogen-bond acceptors (Lipinski definition) is 0. The van der Waals surface area contributed by atoms with Gasteiger partial charge in [0, 0.05) is 0 Å². The van der Waals surface area contributed by atoms with Crippen LogP contribution in [-0.4, -0.2) is 0 Å². The molecular formula is C16H30. The standard InChI is InChI=1S/C8H12.C8H18/c1-2-4-6-8-7-5-3-1;1-3-5-7-8-6-4-2/h1-4H,5-8H2;3-8H2,1-2H3/b3-1-,4-2-;. The van der Waals surface area contributed by atoms with Gasteiger partial charge >= 0.3 is 0 Å². The molecule has 0 nitrogen and oxygen atoms in total. The van der Waals surface area contributed by atoms with E-state index in [-0.39, 0.29) is 0 Å². The smallest absolute Gasteiger partial charge is 0.0347 e. The summed E-state index contributed by atoms with van der Waals surface area (Å²) in [6.45, 7) is 4.51. The van der Waals surface area contributed by atoms with Gasteiger partial charge in [-0.3, -0.25) is 0 Å². The second-order valence-corrected chi connectivity index (χ2v) is 4.55. The van der Waals surface area contributed by atoms with Gasteiger partial charge in [-0.2, -0.15) is 0 Å². The van der Waals surface area contributed by atoms with Crippen LogP contribution < -0.4 is 0 Å². The predicted molar refractivity (Wildman–Crippen MR) is 75.8 cm³/mol. The molecule has 0 amide bonds. The molecule has 16 heavy (non-hydrogen) atoms. The molecule has 0 aromatic carbocycles. The average Bonchev–Trinajstić information content (AvgIpc) is 2.24. The normalized spacial score (nSPS) is 18.9. The number of hydrogen-bond donors (Lipinski definition) is 0. The summed E-state index contributed by atoms with van der Waals surface area (Å²) in [6, 6.07) is 0. The van der Waals surface area contributed by atoms with Gasteiger partial charge in [0.1, 0.15) is 0 Å². The van der Waals surface area contributed by atoms with Crippen molar-refractivity contribution in [2.45, 2.75) is 78.1 Å². The van der Waals surface area contributed by atoms with Crippen molar-refractivity contribution in [1.82, 2.24) is 0 Å². The molecular weight excluding hydrogens is 192 g/mol. The van der Waals surface area contributed by atoms with Crippen LogP contribution in [-0.2, 0) is 0 Å². The molecule has 0 aromatic heterocycles. The minimum absolute atomic E-state index is 1.27. The summed E-state index contributed by atoms with van der Waals surface area (Å²) < 4.78 is 0. The highest BCUT2D eigenvalue weighted by molar-refractivity contribution is 5.03. The SMILES string of the molecule is C1=C\CCCC\C=C/1.CCCCCCCC. The van der Waals surface area contributed by atoms with E-state index in [1.165, 1.54) is 64.2 Å². The largest absolute Gasteiger partial charge is 0.0845 e. The lowest BCUT2D eigenvalue weighted by atomic mass is 10.1. The molecule has 94 valence electrons. The number of allylic oxidation sites excluding steroid dienone is 4. The molecule has 0 N–H and O–H groups in total. The molecule has 0 fully saturated rings. The Bertz CT molecular complexity index is 145. The Labute approximate surface area is 103 Å². The van der Waals surface area contributed by atoms with Crippen LogP contribution in [0.15, 0.2) is 24.3 Å². The van der Waals surface area contributed by atoms with E-state index in [1.54, 1.807) is 0 Å². The van der Waals surface area contributed by atoms with Gasteiger partial charge in [0.2, 0.25) is 0 Å². The van der Waals surface area contributed by atoms with E-state index in [4.69, 9.17) is 0 Å². The average molecular weight is 222 g/mol. The summed E-state index contributed by atoms with van der Waals surface area (Å²) >= 11 is 0. The molecule has 0 saturated carbocycles. The fraction of sp³-hybridized carbons (Fsp3) is 0.750. The van der Waals surface area contributed by atoms with Gasteiger partial charge in [0.15, 0.2) is 0 Å². The molecule has 1 aliphatic carbocycles. The van der Waals surface area contributed by atoms with Crippen molar-refractivity contribution in [3.05, 3.63) is 24.3 Å². The zero-order chi connectivity index (χ0) is 11.9. The van der Waals surface area contributed by atoms with E-state index < -0.39 is 0 Å². The van der Waals surface area contributed by atoms with Crippen molar-refractivity contribution in [2.24, 2.45) is 0 Å². The zero-order valence-corrected chi connectivity index (χ0v) is 11.4. The highest BCUT2D eigenvalue weighted by Gasteiger charge is 1.84. The first-order valence-corrected chi connectivity index (χ1v) is 7.23. The molecule has 0 heterocycles. The van der Waals surface area contributed by atoms with Gasteiger partial charge in [0.05, 0.1) is 0 Å². The summed E-state index contributed by atoms with van der Waals surface area (Å²) in [4.78, 5) is 0. The minimum Gasteiger partial charge on any atom is -0.0845 e. The van der Waals surface area contributed by atoms with E-state index in [1.807, 2.05) is 0 Å². The van der Waals surface area contributed by atoms with E-state index in [0.29, 0.717) is 0 Å². The molecule has 1 aliphatic rings. The van der Waals surface area contributed by atoms with Crippen LogP contribution in [0, 0.1) is 0 Å². The third kappa shape index (κ3) is 13.5. The molecule has 0 saturated heterocycles. The Balaban J connectivity index is 0.000000281. The van der Waals surface area contributed by atoms with Gasteiger partial charge < -0.3 is 0 Å². The third-order valence-electron chi connectivity index (χ3n) is 2.83. The summed E-state index contributed by atoms with van der Waals surface area (Å²) in [6.07, 6.45) is 22.5. The first-order chi connectivity index (χ1) is 7.91. The maximum atomic E-state index is 2.26. The van der Waals surface area contributed by atoms with Gasteiger partial charge in [-0.1, -0.05) is 76.7 Å². The maximum absolute atomic E-state index is 2.26. The second kappa shape index (κ2) is 14.5. The number of rotatable bonds is 5. The van der Waals surface area contributed by atoms with E-state index in [9.17, 15) is 0 Å². The monoisotopic (exact) mass is 222 g/mol. The van der Waals surface area contributed by atoms with E-state index >= 15 is 0 Å². The Morgan fingerprint density at radius 2 is 1.12 bits per heavy atom. The fourth-order valence-corrected chi connectivity index (χ4v) is 1.73. The van der Waals surface area contributed by atoms with Crippen LogP contribution in [0.1, 0.15) is 78.1 Å². The van der Waals surface area contributed by atoms with Crippen molar-refractivity contribution < 1.29 is 0 Å². The third-order valence-corrected chi connectivity index (χ3v) is 2.83. The first kappa shape index (κ1) is 15.5. The first-order valence-electron chi connectivity index (χ1n) is 7.23. The summed E-state index contributed by atoms with van der Waals surface area (Å²) in [5.74, 6) is 0. The zero-order valence-electron chi connectivity index (χ0n) is 11.4. The summed E-state index contributed by atoms with van der Waals surface area (Å²) in [5.41, 5.74) is 0. The fourth-order valence-electron chi connectivity index (χ4n) is 1.73. The molecule has 1 rings (SSSR count). The van der Waals surface area contributed by atoms with Crippen molar-refractivity contribution >= 4 is 0 Å². The lowest BCUT2D eigenvalue weighted by Crippen LogP contribution is -1.74. The number of unbranched alkanes of at least 4 members (excludes halogenated alkanes) is 5. The molecule has 0 spiro atoms. The Morgan fingerprint density at radius 3 is 1.50 bits per heavy atom. The lowest BCUT2D eigenvalue weighted by molar-refractivity contribution is 0.624. The summed E-state index contributed by atoms with van der Waals surface area (Å²) in [5, 5.41) is 0. The van der Waals surface area contributed by atoms with Crippen LogP contribution in [0.25, 0.3) is 0 Å². The van der Waals surface area contributed by atoms with Gasteiger partial charge in [-0.05, 0) is 25.7 Å². The van der Waals surface area contributed by atoms with E-state index in [0.717, 1.165) is 0 Å². The molecule has 0 bridgehead atoms. The molecule has 0 radical (unpaired) electrons. The van der Waals surface area contributed by atoms with Crippen LogP contribution in [0.4, 0.5) is 0 Å². The maximum Gasteiger partial charge on any atom is -0.0347 e. The topological polar surface area (TPSA) is 0 Å². The second-order valence-electron chi connectivity index (χ2n) is 4.55. The van der Waals surface area contributed by atoms with Crippen molar-refractivity contribution in [3.63, 3.8) is 0 Å². The minimum atomic E-state index is 1.27. The van der Waals surface area contributed by atoms with Crippen LogP contribution in [0.2, 0.25) is 0 Å². The molecule has 0 aromatic rings. The molecule has 0 atom stereocenters. The van der Waals surface area contributed by atoms with Crippen molar-refractivity contribution in [2.75, 3.05) is 0 Å². The Hall–Kier alpha value is -0.520. The van der Waals surface area contributed by atoms with Gasteiger partial charge in [0.25, 0.3) is 0 Å². The Kier molecular flexibility index (Phi) is 14.0. The van der Waals surface area contributed by atoms with Crippen molar-refractivity contribution in [3.8, 4) is 0 Å². The highest BCUT2D eigenvalue weighted by atomic mass is 13.9. The van der Waals surface area contributed by atoms with E-state index in [2.05, 4.69) is 38.2 Å². The Morgan fingerprint density at radius 1 is 0.688 bits per heavy atom. The lowest BCUT2D eigenvalue weighted by Gasteiger charge is -1.94. The molecule has 0 aliphatic heterocycles. The van der Waals surface area contributed by atoms with Gasteiger partial charge in [-0.25, -0.2) is 0 Å². The predicted octanol–water partition coefficient (Wildman–Crippen LogP) is 6.04. The van der Waals surface area contributed by atoms with Crippen LogP contribution >= 0.6 is 0 Å². The molecule has 0 unspecified atom stereocenters. The summed E-state index contributed by atoms with van der Waals surface area (Å²) in [7, 11) is 0. The van der Waals surface area contributed by atoms with Crippen molar-refractivity contribution in [1.29, 1.82) is 0 Å².